The number of anilines is 1. The normalized spacial score (nSPS) is 10.5. The maximum atomic E-state index is 12.3. The summed E-state index contributed by atoms with van der Waals surface area (Å²) in [7, 11) is 0. The van der Waals surface area contributed by atoms with Gasteiger partial charge in [-0.25, -0.2) is 0 Å². The van der Waals surface area contributed by atoms with Gasteiger partial charge in [-0.15, -0.1) is 0 Å². The van der Waals surface area contributed by atoms with Crippen molar-refractivity contribution < 1.29 is 4.79 Å². The van der Waals surface area contributed by atoms with E-state index in [-0.39, 0.29) is 5.91 Å². The molecule has 1 heterocycles. The van der Waals surface area contributed by atoms with Crippen molar-refractivity contribution in [2.45, 2.75) is 13.5 Å². The number of nitrogens with zero attached hydrogens (tertiary/aromatic N) is 2. The summed E-state index contributed by atoms with van der Waals surface area (Å²) in [5.41, 5.74) is 2.68. The fourth-order valence-corrected chi connectivity index (χ4v) is 2.43. The van der Waals surface area contributed by atoms with Gasteiger partial charge in [0.25, 0.3) is 5.91 Å². The fraction of sp³-hybridized carbons (Fsp3) is 0.111. The lowest BCUT2D eigenvalue weighted by atomic mass is 10.1. The maximum Gasteiger partial charge on any atom is 0.257 e. The minimum atomic E-state index is -0.153. The van der Waals surface area contributed by atoms with E-state index in [4.69, 9.17) is 11.6 Å². The van der Waals surface area contributed by atoms with E-state index in [1.165, 1.54) is 0 Å². The first-order chi connectivity index (χ1) is 11.1. The minimum absolute atomic E-state index is 0.153. The van der Waals surface area contributed by atoms with Gasteiger partial charge in [-0.05, 0) is 36.2 Å². The van der Waals surface area contributed by atoms with Gasteiger partial charge >= 0.3 is 0 Å². The number of carbonyl (C=O) groups excluding carboxylic acids is 1. The van der Waals surface area contributed by atoms with Gasteiger partial charge in [0.15, 0.2) is 5.82 Å². The molecule has 0 bridgehead atoms. The zero-order valence-electron chi connectivity index (χ0n) is 12.7. The summed E-state index contributed by atoms with van der Waals surface area (Å²) in [6, 6.07) is 16.9. The topological polar surface area (TPSA) is 46.9 Å². The molecule has 23 heavy (non-hydrogen) atoms. The summed E-state index contributed by atoms with van der Waals surface area (Å²) in [5, 5.41) is 7.91. The largest absolute Gasteiger partial charge is 0.305 e. The highest BCUT2D eigenvalue weighted by atomic mass is 35.5. The molecule has 0 aliphatic heterocycles. The van der Waals surface area contributed by atoms with Crippen molar-refractivity contribution in [1.29, 1.82) is 0 Å². The van der Waals surface area contributed by atoms with Crippen LogP contribution in [0.4, 0.5) is 5.82 Å². The van der Waals surface area contributed by atoms with Crippen LogP contribution in [0.25, 0.3) is 0 Å². The third kappa shape index (κ3) is 3.79. The van der Waals surface area contributed by atoms with Crippen molar-refractivity contribution in [2.24, 2.45) is 0 Å². The minimum Gasteiger partial charge on any atom is -0.305 e. The molecule has 3 aromatic rings. The van der Waals surface area contributed by atoms with Crippen LogP contribution in [-0.2, 0) is 6.54 Å². The smallest absolute Gasteiger partial charge is 0.257 e. The van der Waals surface area contributed by atoms with E-state index in [1.54, 1.807) is 16.8 Å². The molecule has 0 atom stereocenters. The molecule has 3 rings (SSSR count). The van der Waals surface area contributed by atoms with Crippen LogP contribution in [-0.4, -0.2) is 15.7 Å². The zero-order chi connectivity index (χ0) is 16.2. The standard InChI is InChI=1S/C18H16ClN3O/c1-13-4-2-3-5-16(13)18(23)20-17-10-11-22(21-17)12-14-6-8-15(19)9-7-14/h2-11H,12H2,1H3,(H,20,21,23). The van der Waals surface area contributed by atoms with Gasteiger partial charge in [-0.3, -0.25) is 9.48 Å². The Balaban J connectivity index is 1.69. The first-order valence-corrected chi connectivity index (χ1v) is 7.64. The highest BCUT2D eigenvalue weighted by Crippen LogP contribution is 2.13. The predicted molar refractivity (Wildman–Crippen MR) is 91.9 cm³/mol. The molecule has 5 heteroatoms. The molecule has 0 aliphatic rings. The van der Waals surface area contributed by atoms with Gasteiger partial charge in [-0.2, -0.15) is 5.10 Å². The number of aromatic nitrogens is 2. The lowest BCUT2D eigenvalue weighted by Gasteiger charge is -2.05. The summed E-state index contributed by atoms with van der Waals surface area (Å²) in [6.45, 7) is 2.53. The second-order valence-electron chi connectivity index (χ2n) is 5.29. The molecule has 0 aliphatic carbocycles. The van der Waals surface area contributed by atoms with Crippen LogP contribution in [0.1, 0.15) is 21.5 Å². The van der Waals surface area contributed by atoms with Crippen LogP contribution in [0, 0.1) is 6.92 Å². The number of hydrogen-bond acceptors (Lipinski definition) is 2. The number of carbonyl (C=O) groups is 1. The summed E-state index contributed by atoms with van der Waals surface area (Å²) < 4.78 is 1.77. The van der Waals surface area contributed by atoms with Crippen molar-refractivity contribution in [3.05, 3.63) is 82.5 Å². The van der Waals surface area contributed by atoms with Crippen LogP contribution in [0.3, 0.4) is 0 Å². The van der Waals surface area contributed by atoms with Gasteiger partial charge < -0.3 is 5.32 Å². The second kappa shape index (κ2) is 6.67. The van der Waals surface area contributed by atoms with Crippen molar-refractivity contribution in [3.8, 4) is 0 Å². The zero-order valence-corrected chi connectivity index (χ0v) is 13.4. The molecular weight excluding hydrogens is 310 g/mol. The van der Waals surface area contributed by atoms with Crippen LogP contribution < -0.4 is 5.32 Å². The number of aryl methyl sites for hydroxylation is 1. The Kier molecular flexibility index (Phi) is 4.44. The van der Waals surface area contributed by atoms with Crippen LogP contribution in [0.5, 0.6) is 0 Å². The average molecular weight is 326 g/mol. The number of hydrogen-bond donors (Lipinski definition) is 1. The summed E-state index contributed by atoms with van der Waals surface area (Å²) in [6.07, 6.45) is 1.84. The Morgan fingerprint density at radius 1 is 1.13 bits per heavy atom. The number of amides is 1. The van der Waals surface area contributed by atoms with Crippen molar-refractivity contribution in [3.63, 3.8) is 0 Å². The number of nitrogens with one attached hydrogen (secondary N) is 1. The third-order valence-corrected chi connectivity index (χ3v) is 3.78. The molecule has 0 saturated carbocycles. The van der Waals surface area contributed by atoms with Gasteiger partial charge in [-0.1, -0.05) is 41.9 Å². The van der Waals surface area contributed by atoms with E-state index in [2.05, 4.69) is 10.4 Å². The van der Waals surface area contributed by atoms with Gasteiger partial charge in [0.2, 0.25) is 0 Å². The molecule has 0 fully saturated rings. The Hall–Kier alpha value is -2.59. The Morgan fingerprint density at radius 2 is 1.87 bits per heavy atom. The van der Waals surface area contributed by atoms with Crippen molar-refractivity contribution >= 4 is 23.3 Å². The first-order valence-electron chi connectivity index (χ1n) is 7.27. The summed E-state index contributed by atoms with van der Waals surface area (Å²) >= 11 is 5.88. The molecule has 4 nitrogen and oxygen atoms in total. The van der Waals surface area contributed by atoms with E-state index < -0.39 is 0 Å². The average Bonchev–Trinajstić information content (AvgIpc) is 2.97. The predicted octanol–water partition coefficient (Wildman–Crippen LogP) is 4.15. The van der Waals surface area contributed by atoms with Gasteiger partial charge in [0.1, 0.15) is 0 Å². The van der Waals surface area contributed by atoms with Gasteiger partial charge in [0.05, 0.1) is 6.54 Å². The monoisotopic (exact) mass is 325 g/mol. The third-order valence-electron chi connectivity index (χ3n) is 3.53. The lowest BCUT2D eigenvalue weighted by Crippen LogP contribution is -2.14. The van der Waals surface area contributed by atoms with Crippen molar-refractivity contribution in [1.82, 2.24) is 9.78 Å². The SMILES string of the molecule is Cc1ccccc1C(=O)Nc1ccn(Cc2ccc(Cl)cc2)n1. The first kappa shape index (κ1) is 15.3. The molecule has 0 spiro atoms. The molecule has 1 amide bonds. The van der Waals surface area contributed by atoms with Crippen LogP contribution >= 0.6 is 11.6 Å². The number of halogens is 1. The summed E-state index contributed by atoms with van der Waals surface area (Å²) in [4.78, 5) is 12.3. The second-order valence-corrected chi connectivity index (χ2v) is 5.73. The maximum absolute atomic E-state index is 12.3. The Morgan fingerprint density at radius 3 is 2.61 bits per heavy atom. The Bertz CT molecular complexity index is 824. The number of rotatable bonds is 4. The molecule has 116 valence electrons. The highest BCUT2D eigenvalue weighted by molar-refractivity contribution is 6.30. The molecule has 0 saturated heterocycles. The highest BCUT2D eigenvalue weighted by Gasteiger charge is 2.10. The van der Waals surface area contributed by atoms with E-state index in [1.807, 2.05) is 55.6 Å². The van der Waals surface area contributed by atoms with E-state index in [0.29, 0.717) is 22.9 Å². The molecule has 1 aromatic heterocycles. The molecular formula is C18H16ClN3O. The quantitative estimate of drug-likeness (QED) is 0.783. The summed E-state index contributed by atoms with van der Waals surface area (Å²) in [5.74, 6) is 0.382. The molecule has 0 radical (unpaired) electrons. The fourth-order valence-electron chi connectivity index (χ4n) is 2.30. The molecule has 0 unspecified atom stereocenters. The van der Waals surface area contributed by atoms with Crippen LogP contribution in [0.15, 0.2) is 60.8 Å². The number of benzene rings is 2. The van der Waals surface area contributed by atoms with E-state index in [9.17, 15) is 4.79 Å². The Labute approximate surface area is 139 Å². The van der Waals surface area contributed by atoms with E-state index in [0.717, 1.165) is 11.1 Å². The molecule has 1 N–H and O–H groups in total. The van der Waals surface area contributed by atoms with Crippen molar-refractivity contribution in [2.75, 3.05) is 5.32 Å². The lowest BCUT2D eigenvalue weighted by molar-refractivity contribution is 0.102. The van der Waals surface area contributed by atoms with Gasteiger partial charge in [0, 0.05) is 22.8 Å². The molecule has 2 aromatic carbocycles. The van der Waals surface area contributed by atoms with Crippen LogP contribution in [0.2, 0.25) is 5.02 Å². The van der Waals surface area contributed by atoms with E-state index >= 15 is 0 Å².